The van der Waals surface area contributed by atoms with E-state index in [-0.39, 0.29) is 49.1 Å². The van der Waals surface area contributed by atoms with Gasteiger partial charge in [0.05, 0.1) is 41.7 Å². The first kappa shape index (κ1) is 23.4. The minimum atomic E-state index is -5.21. The van der Waals surface area contributed by atoms with Crippen molar-refractivity contribution in [2.75, 3.05) is 54.7 Å². The lowest BCUT2D eigenvalue weighted by molar-refractivity contribution is -0.202. The number of hydrogen-bond acceptors (Lipinski definition) is 10. The molecule has 0 aliphatic carbocycles. The molecule has 3 rings (SSSR count). The van der Waals surface area contributed by atoms with E-state index in [0.717, 1.165) is 7.11 Å². The smallest absolute Gasteiger partial charge is 0.446 e. The van der Waals surface area contributed by atoms with Crippen LogP contribution in [0.25, 0.3) is 0 Å². The number of nitrogens with zero attached hydrogens (tertiary/aromatic N) is 3. The molecule has 1 atom stereocenters. The second-order valence-electron chi connectivity index (χ2n) is 6.59. The molecule has 0 saturated carbocycles. The number of amidine groups is 1. The van der Waals surface area contributed by atoms with E-state index in [4.69, 9.17) is 23.7 Å². The average Bonchev–Trinajstić information content (AvgIpc) is 2.81. The fourth-order valence-corrected chi connectivity index (χ4v) is 3.14. The first-order valence-electron chi connectivity index (χ1n) is 9.36. The van der Waals surface area contributed by atoms with E-state index in [1.807, 2.05) is 0 Å². The maximum absolute atomic E-state index is 14.2. The first-order chi connectivity index (χ1) is 15.2. The summed E-state index contributed by atoms with van der Waals surface area (Å²) in [5, 5.41) is 0. The summed E-state index contributed by atoms with van der Waals surface area (Å²) in [4.78, 5) is 20.9. The van der Waals surface area contributed by atoms with E-state index in [9.17, 15) is 18.0 Å². The van der Waals surface area contributed by atoms with Gasteiger partial charge in [0.15, 0.2) is 11.5 Å². The molecule has 2 heterocycles. The summed E-state index contributed by atoms with van der Waals surface area (Å²) >= 11 is 0. The Bertz CT molecular complexity index is 904. The van der Waals surface area contributed by atoms with Crippen molar-refractivity contribution in [2.45, 2.75) is 11.8 Å². The van der Waals surface area contributed by atoms with Gasteiger partial charge >= 0.3 is 17.8 Å². The highest BCUT2D eigenvalue weighted by atomic mass is 19.4. The van der Waals surface area contributed by atoms with E-state index in [1.165, 1.54) is 38.4 Å². The predicted molar refractivity (Wildman–Crippen MR) is 104 cm³/mol. The van der Waals surface area contributed by atoms with Gasteiger partial charge in [0.1, 0.15) is 0 Å². The predicted octanol–water partition coefficient (Wildman–Crippen LogP) is 1.61. The molecule has 2 aliphatic heterocycles. The van der Waals surface area contributed by atoms with Crippen LogP contribution in [0.5, 0.6) is 17.2 Å². The molecule has 0 bridgehead atoms. The number of carbonyl (C=O) groups is 1. The zero-order valence-electron chi connectivity index (χ0n) is 17.8. The van der Waals surface area contributed by atoms with Gasteiger partial charge in [-0.2, -0.15) is 23.2 Å². The van der Waals surface area contributed by atoms with Crippen LogP contribution in [-0.2, 0) is 19.0 Å². The molecule has 1 saturated heterocycles. The molecule has 1 aromatic rings. The molecule has 0 aromatic heterocycles. The molecule has 1 aromatic carbocycles. The highest BCUT2D eigenvalue weighted by Gasteiger charge is 2.65. The van der Waals surface area contributed by atoms with Gasteiger partial charge in [0.2, 0.25) is 11.6 Å². The number of methoxy groups -OCH3 is 4. The van der Waals surface area contributed by atoms with Gasteiger partial charge in [0, 0.05) is 18.7 Å². The topological polar surface area (TPSA) is 100 Å². The van der Waals surface area contributed by atoms with E-state index < -0.39 is 29.7 Å². The number of halogens is 3. The third-order valence-corrected chi connectivity index (χ3v) is 4.77. The Morgan fingerprint density at radius 2 is 1.62 bits per heavy atom. The van der Waals surface area contributed by atoms with Crippen LogP contribution in [0.3, 0.4) is 0 Å². The molecule has 13 heteroatoms. The lowest BCUT2D eigenvalue weighted by Gasteiger charge is -2.35. The van der Waals surface area contributed by atoms with E-state index in [0.29, 0.717) is 0 Å². The third-order valence-electron chi connectivity index (χ3n) is 4.77. The van der Waals surface area contributed by atoms with Crippen LogP contribution in [0.15, 0.2) is 22.1 Å². The van der Waals surface area contributed by atoms with Crippen molar-refractivity contribution in [1.29, 1.82) is 0 Å². The number of aliphatic imine (C=N–C) groups is 2. The number of alkyl halides is 3. The SMILES string of the molecule is COC(=O)C1(C(F)(F)F)N=C(c2cc(OC)c(OC)c(OC)c2)OC(N2CCOCC2)=N1. The molecule has 0 spiro atoms. The van der Waals surface area contributed by atoms with E-state index in [1.54, 1.807) is 0 Å². The molecule has 0 radical (unpaired) electrons. The molecule has 1 fully saturated rings. The fraction of sp³-hybridized carbons (Fsp3) is 0.526. The summed E-state index contributed by atoms with van der Waals surface area (Å²) in [6, 6.07) is 2.26. The lowest BCUT2D eigenvalue weighted by atomic mass is 10.1. The molecule has 0 amide bonds. The van der Waals surface area contributed by atoms with Crippen LogP contribution >= 0.6 is 0 Å². The molecular weight excluding hydrogens is 439 g/mol. The highest BCUT2D eigenvalue weighted by molar-refractivity contribution is 6.06. The normalized spacial score (nSPS) is 21.2. The zero-order valence-corrected chi connectivity index (χ0v) is 17.8. The number of esters is 1. The molecule has 0 N–H and O–H groups in total. The van der Waals surface area contributed by atoms with Gasteiger partial charge in [-0.3, -0.25) is 0 Å². The Balaban J connectivity index is 2.21. The standard InChI is InChI=1S/C19H22F3N3O7/c1-27-12-9-11(10-13(28-2)14(12)29-3)15-23-18(16(26)30-4,19(20,21)22)24-17(32-15)25-5-7-31-8-6-25/h9-10H,5-8H2,1-4H3. The number of benzene rings is 1. The van der Waals surface area contributed by atoms with E-state index in [2.05, 4.69) is 14.7 Å². The van der Waals surface area contributed by atoms with Crippen LogP contribution in [0.2, 0.25) is 0 Å². The Hall–Kier alpha value is -3.22. The van der Waals surface area contributed by atoms with Gasteiger partial charge in [0.25, 0.3) is 6.02 Å². The maximum Gasteiger partial charge on any atom is 0.446 e. The summed E-state index contributed by atoms with van der Waals surface area (Å²) in [6.07, 6.45) is -5.21. The Labute approximate surface area is 181 Å². The number of morpholine rings is 1. The molecule has 2 aliphatic rings. The first-order valence-corrected chi connectivity index (χ1v) is 9.36. The van der Waals surface area contributed by atoms with Crippen LogP contribution in [0, 0.1) is 0 Å². The molecule has 176 valence electrons. The van der Waals surface area contributed by atoms with E-state index >= 15 is 0 Å². The van der Waals surface area contributed by atoms with Crippen molar-refractivity contribution in [3.05, 3.63) is 17.7 Å². The van der Waals surface area contributed by atoms with Gasteiger partial charge in [-0.1, -0.05) is 0 Å². The second-order valence-corrected chi connectivity index (χ2v) is 6.59. The van der Waals surface area contributed by atoms with Crippen LogP contribution < -0.4 is 14.2 Å². The molecule has 1 unspecified atom stereocenters. The number of ether oxygens (including phenoxy) is 6. The Morgan fingerprint density at radius 1 is 1.03 bits per heavy atom. The lowest BCUT2D eigenvalue weighted by Crippen LogP contribution is -2.55. The van der Waals surface area contributed by atoms with Crippen molar-refractivity contribution in [3.8, 4) is 17.2 Å². The average molecular weight is 461 g/mol. The Morgan fingerprint density at radius 3 is 2.09 bits per heavy atom. The summed E-state index contributed by atoms with van der Waals surface area (Å²) in [5.74, 6) is -1.71. The van der Waals surface area contributed by atoms with Gasteiger partial charge in [-0.25, -0.2) is 4.79 Å². The molecular formula is C19H22F3N3O7. The van der Waals surface area contributed by atoms with Crippen molar-refractivity contribution in [3.63, 3.8) is 0 Å². The molecule has 32 heavy (non-hydrogen) atoms. The quantitative estimate of drug-likeness (QED) is 0.610. The van der Waals surface area contributed by atoms with Crippen molar-refractivity contribution in [1.82, 2.24) is 4.90 Å². The second kappa shape index (κ2) is 9.10. The van der Waals surface area contributed by atoms with Gasteiger partial charge in [-0.15, -0.1) is 0 Å². The summed E-state index contributed by atoms with van der Waals surface area (Å²) in [5.41, 5.74) is -3.51. The maximum atomic E-state index is 14.2. The highest BCUT2D eigenvalue weighted by Crippen LogP contribution is 2.42. The molecule has 10 nitrogen and oxygen atoms in total. The minimum Gasteiger partial charge on any atom is -0.493 e. The van der Waals surface area contributed by atoms with Crippen molar-refractivity contribution in [2.24, 2.45) is 9.98 Å². The van der Waals surface area contributed by atoms with Gasteiger partial charge < -0.3 is 33.3 Å². The summed E-state index contributed by atoms with van der Waals surface area (Å²) in [7, 11) is 4.90. The van der Waals surface area contributed by atoms with Crippen LogP contribution in [0.4, 0.5) is 13.2 Å². The minimum absolute atomic E-state index is 0.0395. The number of rotatable bonds is 5. The van der Waals surface area contributed by atoms with Crippen molar-refractivity contribution >= 4 is 17.9 Å². The largest absolute Gasteiger partial charge is 0.493 e. The van der Waals surface area contributed by atoms with Crippen molar-refractivity contribution < 1.29 is 46.4 Å². The Kier molecular flexibility index (Phi) is 6.67. The van der Waals surface area contributed by atoms with Gasteiger partial charge in [-0.05, 0) is 12.1 Å². The third kappa shape index (κ3) is 4.11. The van der Waals surface area contributed by atoms with Crippen LogP contribution in [-0.4, -0.2) is 89.4 Å². The number of carbonyl (C=O) groups excluding carboxylic acids is 1. The monoisotopic (exact) mass is 461 g/mol. The summed E-state index contributed by atoms with van der Waals surface area (Å²) in [6.45, 7) is 0.902. The summed E-state index contributed by atoms with van der Waals surface area (Å²) < 4.78 is 73.6. The fourth-order valence-electron chi connectivity index (χ4n) is 3.14. The van der Waals surface area contributed by atoms with Crippen LogP contribution in [0.1, 0.15) is 5.56 Å². The number of hydrogen-bond donors (Lipinski definition) is 0. The zero-order chi connectivity index (χ0) is 23.5.